The van der Waals surface area contributed by atoms with Crippen LogP contribution in [0.2, 0.25) is 0 Å². The van der Waals surface area contributed by atoms with Crippen LogP contribution >= 0.6 is 0 Å². The normalized spacial score (nSPS) is 18.9. The lowest BCUT2D eigenvalue weighted by molar-refractivity contribution is -0.117. The molecule has 1 fully saturated rings. The van der Waals surface area contributed by atoms with Crippen molar-refractivity contribution in [2.45, 2.75) is 32.6 Å². The van der Waals surface area contributed by atoms with Gasteiger partial charge < -0.3 is 4.74 Å². The van der Waals surface area contributed by atoms with Crippen molar-refractivity contribution in [3.8, 4) is 5.75 Å². The van der Waals surface area contributed by atoms with Crippen LogP contribution in [0.25, 0.3) is 0 Å². The third kappa shape index (κ3) is 2.97. The summed E-state index contributed by atoms with van der Waals surface area (Å²) < 4.78 is 5.51. The average Bonchev–Trinajstić information content (AvgIpc) is 2.82. The first-order chi connectivity index (χ1) is 8.70. The second-order valence-corrected chi connectivity index (χ2v) is 4.72. The molecule has 1 aromatic carbocycles. The summed E-state index contributed by atoms with van der Waals surface area (Å²) in [5, 5.41) is 0. The van der Waals surface area contributed by atoms with E-state index in [4.69, 9.17) is 4.74 Å². The van der Waals surface area contributed by atoms with E-state index >= 15 is 0 Å². The van der Waals surface area contributed by atoms with Crippen molar-refractivity contribution in [3.63, 3.8) is 0 Å². The highest BCUT2D eigenvalue weighted by Gasteiger charge is 2.28. The molecule has 0 amide bonds. The number of Topliss-reactive ketones (excluding diaryl/α,β-unsaturated/α-hetero) is 2. The summed E-state index contributed by atoms with van der Waals surface area (Å²) in [6.45, 7) is 2.69. The molecule has 0 aliphatic heterocycles. The lowest BCUT2D eigenvalue weighted by Crippen LogP contribution is -2.12. The minimum atomic E-state index is -0.126. The molecule has 1 unspecified atom stereocenters. The van der Waals surface area contributed by atoms with Crippen LogP contribution in [0.3, 0.4) is 0 Å². The van der Waals surface area contributed by atoms with E-state index in [1.165, 1.54) is 0 Å². The predicted octanol–water partition coefficient (Wildman–Crippen LogP) is 3.03. The number of hydrogen-bond acceptors (Lipinski definition) is 3. The smallest absolute Gasteiger partial charge is 0.166 e. The highest BCUT2D eigenvalue weighted by Crippen LogP contribution is 2.27. The molecule has 96 valence electrons. The molecule has 18 heavy (non-hydrogen) atoms. The topological polar surface area (TPSA) is 43.4 Å². The number of carbonyl (C=O) groups is 2. The second-order valence-electron chi connectivity index (χ2n) is 4.72. The van der Waals surface area contributed by atoms with Crippen LogP contribution in [-0.2, 0) is 4.79 Å². The highest BCUT2D eigenvalue weighted by molar-refractivity contribution is 6.01. The summed E-state index contributed by atoms with van der Waals surface area (Å²) in [6.07, 6.45) is 2.58. The van der Waals surface area contributed by atoms with Crippen molar-refractivity contribution in [3.05, 3.63) is 29.8 Å². The van der Waals surface area contributed by atoms with E-state index in [1.54, 1.807) is 12.1 Å². The molecule has 2 rings (SSSR count). The molecule has 1 atom stereocenters. The molecular weight excluding hydrogens is 228 g/mol. The van der Waals surface area contributed by atoms with Gasteiger partial charge in [-0.1, -0.05) is 19.1 Å². The third-order valence-corrected chi connectivity index (χ3v) is 3.21. The van der Waals surface area contributed by atoms with Gasteiger partial charge in [-0.15, -0.1) is 0 Å². The molecule has 0 aromatic heterocycles. The Morgan fingerprint density at radius 3 is 2.94 bits per heavy atom. The zero-order chi connectivity index (χ0) is 13.0. The Morgan fingerprint density at radius 2 is 2.28 bits per heavy atom. The van der Waals surface area contributed by atoms with Crippen molar-refractivity contribution in [1.29, 1.82) is 0 Å². The van der Waals surface area contributed by atoms with Gasteiger partial charge in [0, 0.05) is 24.3 Å². The van der Waals surface area contributed by atoms with Crippen molar-refractivity contribution >= 4 is 11.6 Å². The van der Waals surface area contributed by atoms with E-state index in [0.29, 0.717) is 31.4 Å². The minimum absolute atomic E-state index is 0.0720. The van der Waals surface area contributed by atoms with E-state index in [0.717, 1.165) is 12.2 Å². The van der Waals surface area contributed by atoms with Gasteiger partial charge in [0.2, 0.25) is 0 Å². The zero-order valence-electron chi connectivity index (χ0n) is 10.6. The van der Waals surface area contributed by atoms with E-state index in [9.17, 15) is 9.59 Å². The van der Waals surface area contributed by atoms with Crippen molar-refractivity contribution < 1.29 is 14.3 Å². The number of carbonyl (C=O) groups excluding carboxylic acids is 2. The summed E-state index contributed by atoms with van der Waals surface area (Å²) in [7, 11) is 0. The van der Waals surface area contributed by atoms with Crippen LogP contribution in [0.15, 0.2) is 24.3 Å². The molecule has 1 aliphatic carbocycles. The number of ether oxygens (including phenoxy) is 1. The maximum Gasteiger partial charge on any atom is 0.166 e. The van der Waals surface area contributed by atoms with E-state index in [1.807, 2.05) is 19.1 Å². The molecule has 3 heteroatoms. The van der Waals surface area contributed by atoms with E-state index in [2.05, 4.69) is 0 Å². The summed E-state index contributed by atoms with van der Waals surface area (Å²) >= 11 is 0. The molecule has 0 heterocycles. The molecule has 0 N–H and O–H groups in total. The van der Waals surface area contributed by atoms with Gasteiger partial charge in [-0.25, -0.2) is 0 Å². The zero-order valence-corrected chi connectivity index (χ0v) is 10.6. The van der Waals surface area contributed by atoms with Crippen molar-refractivity contribution in [2.75, 3.05) is 6.61 Å². The molecule has 1 saturated carbocycles. The molecule has 1 aliphatic rings. The van der Waals surface area contributed by atoms with E-state index in [-0.39, 0.29) is 17.5 Å². The molecule has 0 bridgehead atoms. The number of ketones is 2. The van der Waals surface area contributed by atoms with Crippen LogP contribution in [0.4, 0.5) is 0 Å². The first kappa shape index (κ1) is 12.8. The fourth-order valence-electron chi connectivity index (χ4n) is 2.23. The maximum absolute atomic E-state index is 12.2. The van der Waals surface area contributed by atoms with Crippen LogP contribution in [0, 0.1) is 5.92 Å². The maximum atomic E-state index is 12.2. The van der Waals surface area contributed by atoms with Crippen LogP contribution in [-0.4, -0.2) is 18.2 Å². The van der Waals surface area contributed by atoms with Gasteiger partial charge in [-0.2, -0.15) is 0 Å². The molecule has 3 nitrogen and oxygen atoms in total. The minimum Gasteiger partial charge on any atom is -0.494 e. The summed E-state index contributed by atoms with van der Waals surface area (Å²) in [5.74, 6) is 0.875. The lowest BCUT2D eigenvalue weighted by Gasteiger charge is -2.09. The molecular formula is C15H18O3. The molecule has 0 spiro atoms. The van der Waals surface area contributed by atoms with Crippen LogP contribution < -0.4 is 4.74 Å². The molecule has 0 saturated heterocycles. The summed E-state index contributed by atoms with van der Waals surface area (Å²) in [6, 6.07) is 7.26. The Labute approximate surface area is 107 Å². The summed E-state index contributed by atoms with van der Waals surface area (Å²) in [5.41, 5.74) is 0.656. The first-order valence-corrected chi connectivity index (χ1v) is 6.49. The quantitative estimate of drug-likeness (QED) is 0.750. The number of hydrogen-bond donors (Lipinski definition) is 0. The van der Waals surface area contributed by atoms with Gasteiger partial charge >= 0.3 is 0 Å². The Hall–Kier alpha value is -1.64. The van der Waals surface area contributed by atoms with Crippen LogP contribution in [0.5, 0.6) is 5.75 Å². The van der Waals surface area contributed by atoms with E-state index < -0.39 is 0 Å². The third-order valence-electron chi connectivity index (χ3n) is 3.21. The van der Waals surface area contributed by atoms with Gasteiger partial charge in [0.25, 0.3) is 0 Å². The first-order valence-electron chi connectivity index (χ1n) is 6.49. The molecule has 0 radical (unpaired) electrons. The molecule has 1 aromatic rings. The Balaban J connectivity index is 2.07. The average molecular weight is 246 g/mol. The van der Waals surface area contributed by atoms with Gasteiger partial charge in [0.15, 0.2) is 5.78 Å². The van der Waals surface area contributed by atoms with Crippen molar-refractivity contribution in [1.82, 2.24) is 0 Å². The largest absolute Gasteiger partial charge is 0.494 e. The lowest BCUT2D eigenvalue weighted by atomic mass is 9.96. The van der Waals surface area contributed by atoms with Gasteiger partial charge in [0.1, 0.15) is 11.5 Å². The fourth-order valence-corrected chi connectivity index (χ4v) is 2.23. The Kier molecular flexibility index (Phi) is 4.13. The second kappa shape index (κ2) is 5.80. The number of rotatable bonds is 5. The Bertz CT molecular complexity index is 451. The van der Waals surface area contributed by atoms with Gasteiger partial charge in [-0.05, 0) is 25.0 Å². The van der Waals surface area contributed by atoms with Crippen molar-refractivity contribution in [2.24, 2.45) is 5.92 Å². The number of benzene rings is 1. The SMILES string of the molecule is CCCOc1cccc(C(=O)C2CCC(=O)C2)c1. The Morgan fingerprint density at radius 1 is 1.44 bits per heavy atom. The van der Waals surface area contributed by atoms with Gasteiger partial charge in [-0.3, -0.25) is 9.59 Å². The van der Waals surface area contributed by atoms with Crippen LogP contribution in [0.1, 0.15) is 43.0 Å². The fraction of sp³-hybridized carbons (Fsp3) is 0.467. The van der Waals surface area contributed by atoms with Gasteiger partial charge in [0.05, 0.1) is 6.61 Å². The highest BCUT2D eigenvalue weighted by atomic mass is 16.5. The standard InChI is InChI=1S/C15H18O3/c1-2-8-18-14-5-3-4-11(10-14)15(17)12-6-7-13(16)9-12/h3-5,10,12H,2,6-9H2,1H3. The monoisotopic (exact) mass is 246 g/mol. The predicted molar refractivity (Wildman–Crippen MR) is 68.9 cm³/mol. The summed E-state index contributed by atoms with van der Waals surface area (Å²) in [4.78, 5) is 23.4.